The number of esters is 5. The lowest BCUT2D eigenvalue weighted by Crippen LogP contribution is -2.25. The quantitative estimate of drug-likeness (QED) is 0.0125. The van der Waals surface area contributed by atoms with E-state index in [-0.39, 0.29) is 86.8 Å². The molecule has 22 nitrogen and oxygen atoms in total. The second kappa shape index (κ2) is 42.3. The van der Waals surface area contributed by atoms with E-state index in [4.69, 9.17) is 66.3 Å². The van der Waals surface area contributed by atoms with E-state index < -0.39 is 24.0 Å². The van der Waals surface area contributed by atoms with Crippen molar-refractivity contribution in [3.05, 3.63) is 234 Å². The first kappa shape index (κ1) is 85.0. The molecule has 1 aliphatic carbocycles. The zero-order chi connectivity index (χ0) is 78.3. The van der Waals surface area contributed by atoms with Crippen molar-refractivity contribution >= 4 is 29.8 Å². The van der Waals surface area contributed by atoms with E-state index in [1.807, 2.05) is 66.7 Å². The molecule has 6 aromatic carbocycles. The van der Waals surface area contributed by atoms with Gasteiger partial charge in [0.15, 0.2) is 11.5 Å². The van der Waals surface area contributed by atoms with Crippen LogP contribution in [0.15, 0.2) is 200 Å². The number of benzene rings is 6. The summed E-state index contributed by atoms with van der Waals surface area (Å²) >= 11 is 0. The van der Waals surface area contributed by atoms with Gasteiger partial charge in [-0.15, -0.1) is 0 Å². The number of methoxy groups -OCH3 is 1. The second-order valence-corrected chi connectivity index (χ2v) is 27.7. The number of aliphatic hydroxyl groups is 1. The Kier molecular flexibility index (Phi) is 33.3. The highest BCUT2D eigenvalue weighted by molar-refractivity contribution is 5.88. The summed E-state index contributed by atoms with van der Waals surface area (Å²) in [6, 6.07) is 45.7. The van der Waals surface area contributed by atoms with Crippen LogP contribution in [0.5, 0.6) is 40.2 Å². The fourth-order valence-electron chi connectivity index (χ4n) is 9.31. The van der Waals surface area contributed by atoms with Gasteiger partial charge < -0.3 is 80.9 Å². The maximum absolute atomic E-state index is 11.3. The summed E-state index contributed by atoms with van der Waals surface area (Å²) < 4.78 is 84.3. The third-order valence-corrected chi connectivity index (χ3v) is 16.9. The fourth-order valence-corrected chi connectivity index (χ4v) is 9.31. The van der Waals surface area contributed by atoms with Crippen molar-refractivity contribution in [2.45, 2.75) is 130 Å². The Morgan fingerprint density at radius 1 is 0.389 bits per heavy atom. The van der Waals surface area contributed by atoms with E-state index >= 15 is 0 Å². The van der Waals surface area contributed by atoms with E-state index in [2.05, 4.69) is 131 Å². The minimum atomic E-state index is -0.764. The van der Waals surface area contributed by atoms with Gasteiger partial charge in [0.25, 0.3) is 0 Å². The molecule has 4 heterocycles. The van der Waals surface area contributed by atoms with Gasteiger partial charge in [-0.1, -0.05) is 127 Å². The van der Waals surface area contributed by atoms with E-state index in [1.54, 1.807) is 53.9 Å². The molecule has 108 heavy (non-hydrogen) atoms. The number of hydrogen-bond acceptors (Lipinski definition) is 22. The number of ether oxygens (including phenoxy) is 16. The van der Waals surface area contributed by atoms with Gasteiger partial charge in [-0.25, -0.2) is 24.0 Å². The van der Waals surface area contributed by atoms with Gasteiger partial charge in [-0.05, 0) is 160 Å². The average Bonchev–Trinajstić information content (AvgIpc) is 1.81. The summed E-state index contributed by atoms with van der Waals surface area (Å²) in [6.45, 7) is 40.8. The molecule has 5 unspecified atom stereocenters. The van der Waals surface area contributed by atoms with Crippen LogP contribution >= 0.6 is 0 Å². The maximum atomic E-state index is 11.3. The summed E-state index contributed by atoms with van der Waals surface area (Å²) in [7, 11) is 1.57. The van der Waals surface area contributed by atoms with Crippen molar-refractivity contribution in [1.29, 1.82) is 0 Å². The molecule has 0 spiro atoms. The molecule has 0 bridgehead atoms. The van der Waals surface area contributed by atoms with Crippen molar-refractivity contribution in [2.24, 2.45) is 5.92 Å². The molecule has 5 atom stereocenters. The standard InChI is InChI=1S/C40H46O6.C15H18O5.C14H16O4.C10H14O4.C7H10O3/c1-39(2,29-7-15-34(16-8-29)42-23-28-5-6-28)30-9-17-35(18-10-30)43-24-33(41)25-44-36-19-11-31(12-20-36)40(3,4)32-13-21-37(22-14-32)45-26-38-27-46-38;1-10(2)15(16)20-7-11-4-5-13(14(6-11)17-3)19-9-12-8-18-12;1-10(2)14(15)18-7-11-3-5-12(6-4-11)16-8-13-9-17-13;1-7(2)9(11)13-5-6-14-10(12)8(3)4;1-5(2)7(8)10-4-6-3-9-6/h7-22,28,33,38,41H,5-6,23-27H2,1-4H3;4-6,12H,1,7-9H2,2-3H3;3-6,13H,1,7-9H2,2H3;1,3,5-6H2,2,4H3;6H,1,3-4H2,2H3. The Labute approximate surface area is 634 Å². The van der Waals surface area contributed by atoms with Gasteiger partial charge >= 0.3 is 29.8 Å². The lowest BCUT2D eigenvalue weighted by molar-refractivity contribution is -0.147. The van der Waals surface area contributed by atoms with Crippen molar-refractivity contribution < 1.29 is 105 Å². The molecule has 1 N–H and O–H groups in total. The number of carbonyl (C=O) groups is 5. The van der Waals surface area contributed by atoms with E-state index in [9.17, 15) is 29.1 Å². The zero-order valence-corrected chi connectivity index (χ0v) is 63.8. The van der Waals surface area contributed by atoms with Gasteiger partial charge in [0.05, 0.1) is 40.1 Å². The Bertz CT molecular complexity index is 3780. The highest BCUT2D eigenvalue weighted by atomic mass is 16.6. The van der Waals surface area contributed by atoms with E-state index in [0.29, 0.717) is 83.9 Å². The molecule has 0 radical (unpaired) electrons. The van der Waals surface area contributed by atoms with Crippen LogP contribution in [0.2, 0.25) is 0 Å². The van der Waals surface area contributed by atoms with E-state index in [1.165, 1.54) is 35.1 Å². The molecular weight excluding hydrogens is 1380 g/mol. The Balaban J connectivity index is 0.000000216. The van der Waals surface area contributed by atoms with Crippen molar-refractivity contribution in [2.75, 3.05) is 93.0 Å². The maximum Gasteiger partial charge on any atom is 0.333 e. The van der Waals surface area contributed by atoms with Crippen molar-refractivity contribution in [3.63, 3.8) is 0 Å². The summed E-state index contributed by atoms with van der Waals surface area (Å²) in [5.74, 6) is 3.90. The Morgan fingerprint density at radius 3 is 1.03 bits per heavy atom. The first-order valence-electron chi connectivity index (χ1n) is 35.8. The minimum absolute atomic E-state index is 0.0325. The smallest absolute Gasteiger partial charge is 0.333 e. The van der Waals surface area contributed by atoms with Gasteiger partial charge in [-0.3, -0.25) is 0 Å². The average molecular weight is 1490 g/mol. The number of aliphatic hydroxyl groups excluding tert-OH is 1. The number of hydrogen-bond donors (Lipinski definition) is 1. The molecule has 4 aliphatic heterocycles. The molecule has 6 aromatic rings. The lowest BCUT2D eigenvalue weighted by Gasteiger charge is -2.27. The second-order valence-electron chi connectivity index (χ2n) is 27.7. The van der Waals surface area contributed by atoms with Gasteiger partial charge in [0.2, 0.25) is 0 Å². The van der Waals surface area contributed by atoms with Gasteiger partial charge in [-0.2, -0.15) is 0 Å². The summed E-state index contributed by atoms with van der Waals surface area (Å²) in [5, 5.41) is 10.5. The molecule has 5 fully saturated rings. The Morgan fingerprint density at radius 2 is 0.685 bits per heavy atom. The van der Waals surface area contributed by atoms with Crippen LogP contribution in [0, 0.1) is 5.92 Å². The molecule has 5 aliphatic rings. The fraction of sp³-hybridized carbons (Fsp3) is 0.407. The minimum Gasteiger partial charge on any atom is -0.493 e. The molecule has 0 aromatic heterocycles. The van der Waals surface area contributed by atoms with Crippen LogP contribution in [-0.2, 0) is 90.6 Å². The summed E-state index contributed by atoms with van der Waals surface area (Å²) in [6.07, 6.45) is 2.64. The summed E-state index contributed by atoms with van der Waals surface area (Å²) in [4.78, 5) is 54.9. The van der Waals surface area contributed by atoms with Crippen LogP contribution in [0.3, 0.4) is 0 Å². The molecule has 580 valence electrons. The number of carbonyl (C=O) groups excluding carboxylic acids is 5. The van der Waals surface area contributed by atoms with Gasteiger partial charge in [0, 0.05) is 38.7 Å². The molecule has 11 rings (SSSR count). The van der Waals surface area contributed by atoms with Crippen LogP contribution in [0.1, 0.15) is 109 Å². The number of rotatable bonds is 37. The van der Waals surface area contributed by atoms with Crippen LogP contribution < -0.4 is 33.2 Å². The largest absolute Gasteiger partial charge is 0.493 e. The molecule has 0 amide bonds. The topological polar surface area (TPSA) is 266 Å². The third-order valence-electron chi connectivity index (χ3n) is 16.9. The third kappa shape index (κ3) is 31.3. The highest BCUT2D eigenvalue weighted by Gasteiger charge is 2.29. The first-order valence-corrected chi connectivity index (χ1v) is 35.8. The SMILES string of the molecule is C=C(C)C(=O)OCC1CO1.C=C(C)C(=O)OCCOC(=O)C(=C)C.C=C(C)C(=O)OCc1ccc(OCC2CO2)c(OC)c1.C=C(C)C(=O)OCc1ccc(OCC2CO2)cc1.CC(C)(c1ccc(OCC(O)COc2ccc(C(C)(C)c3ccc(OCC4CO4)cc3)cc2)cc1)c1ccc(OCC2CC2)cc1. The predicted octanol–water partition coefficient (Wildman–Crippen LogP) is 13.6. The van der Waals surface area contributed by atoms with Crippen molar-refractivity contribution in [1.82, 2.24) is 0 Å². The Hall–Kier alpha value is -10.2. The van der Waals surface area contributed by atoms with E-state index in [0.717, 1.165) is 60.7 Å². The van der Waals surface area contributed by atoms with Crippen LogP contribution in [0.25, 0.3) is 0 Å². The summed E-state index contributed by atoms with van der Waals surface area (Å²) in [5.41, 5.74) is 8.00. The highest BCUT2D eigenvalue weighted by Crippen LogP contribution is 2.37. The lowest BCUT2D eigenvalue weighted by atomic mass is 9.78. The molecule has 22 heteroatoms. The van der Waals surface area contributed by atoms with Crippen molar-refractivity contribution in [3.8, 4) is 40.2 Å². The normalized spacial score (nSPS) is 16.2. The van der Waals surface area contributed by atoms with Crippen LogP contribution in [0.4, 0.5) is 0 Å². The number of epoxide rings is 4. The molecule has 4 saturated heterocycles. The van der Waals surface area contributed by atoms with Crippen LogP contribution in [-0.4, -0.2) is 158 Å². The van der Waals surface area contributed by atoms with Gasteiger partial charge in [0.1, 0.15) is 125 Å². The molecule has 1 saturated carbocycles. The molecular formula is C86H104O22. The monoisotopic (exact) mass is 1490 g/mol. The first-order chi connectivity index (χ1) is 51.6. The zero-order valence-electron chi connectivity index (χ0n) is 63.8. The predicted molar refractivity (Wildman–Crippen MR) is 407 cm³/mol.